The maximum absolute atomic E-state index is 12.6. The van der Waals surface area contributed by atoms with Crippen LogP contribution in [0, 0.1) is 5.92 Å². The number of hydrogen-bond donors (Lipinski definition) is 0. The van der Waals surface area contributed by atoms with Crippen molar-refractivity contribution in [2.45, 2.75) is 63.6 Å². The summed E-state index contributed by atoms with van der Waals surface area (Å²) in [7, 11) is 0. The minimum atomic E-state index is -0.219. The Hall–Kier alpha value is -1.29. The molecule has 1 aromatic rings. The first-order valence-corrected chi connectivity index (χ1v) is 8.23. The molecule has 4 rings (SSSR count). The number of nitrogens with zero attached hydrogens (tertiary/aromatic N) is 1. The first-order chi connectivity index (χ1) is 10.2. The molecule has 0 N–H and O–H groups in total. The van der Waals surface area contributed by atoms with Gasteiger partial charge in [-0.25, -0.2) is 0 Å². The standard InChI is InChI=1S/C17H23NO3/c1-11-9-14(11)15-7-6-13(21-15)10-18(12-4-5-12)17(19)16-3-2-8-20-16/h6-7,11-12,14,16H,2-5,8-10H2,1H3/t11-,14+,16+/m1/s1. The molecule has 0 bridgehead atoms. The van der Waals surface area contributed by atoms with E-state index in [1.807, 2.05) is 11.0 Å². The second kappa shape index (κ2) is 5.16. The Kier molecular flexibility index (Phi) is 3.29. The molecular formula is C17H23NO3. The largest absolute Gasteiger partial charge is 0.464 e. The molecule has 114 valence electrons. The minimum absolute atomic E-state index is 0.160. The summed E-state index contributed by atoms with van der Waals surface area (Å²) < 4.78 is 11.5. The van der Waals surface area contributed by atoms with Gasteiger partial charge < -0.3 is 14.1 Å². The van der Waals surface area contributed by atoms with Crippen LogP contribution in [0.25, 0.3) is 0 Å². The van der Waals surface area contributed by atoms with Crippen molar-refractivity contribution in [2.75, 3.05) is 6.61 Å². The summed E-state index contributed by atoms with van der Waals surface area (Å²) in [6, 6.07) is 4.53. The van der Waals surface area contributed by atoms with E-state index >= 15 is 0 Å². The van der Waals surface area contributed by atoms with E-state index in [2.05, 4.69) is 13.0 Å². The van der Waals surface area contributed by atoms with Crippen LogP contribution in [-0.2, 0) is 16.1 Å². The van der Waals surface area contributed by atoms with Gasteiger partial charge in [0.1, 0.15) is 17.6 Å². The van der Waals surface area contributed by atoms with Gasteiger partial charge in [0.05, 0.1) is 6.54 Å². The first-order valence-electron chi connectivity index (χ1n) is 8.23. The van der Waals surface area contributed by atoms with E-state index in [1.54, 1.807) is 0 Å². The Bertz CT molecular complexity index is 528. The third-order valence-corrected chi connectivity index (χ3v) is 4.96. The van der Waals surface area contributed by atoms with Crippen LogP contribution in [0.1, 0.15) is 56.5 Å². The van der Waals surface area contributed by atoms with E-state index in [-0.39, 0.29) is 12.0 Å². The highest BCUT2D eigenvalue weighted by Crippen LogP contribution is 2.47. The zero-order valence-corrected chi connectivity index (χ0v) is 12.6. The number of carbonyl (C=O) groups excluding carboxylic acids is 1. The van der Waals surface area contributed by atoms with E-state index in [0.29, 0.717) is 18.5 Å². The quantitative estimate of drug-likeness (QED) is 0.836. The highest BCUT2D eigenvalue weighted by atomic mass is 16.5. The van der Waals surface area contributed by atoms with Crippen molar-refractivity contribution < 1.29 is 13.9 Å². The van der Waals surface area contributed by atoms with Gasteiger partial charge in [0, 0.05) is 18.6 Å². The predicted octanol–water partition coefficient (Wildman–Crippen LogP) is 3.07. The Morgan fingerprint density at radius 2 is 2.14 bits per heavy atom. The monoisotopic (exact) mass is 289 g/mol. The van der Waals surface area contributed by atoms with Crippen molar-refractivity contribution in [1.29, 1.82) is 0 Å². The third-order valence-electron chi connectivity index (χ3n) is 4.96. The van der Waals surface area contributed by atoms with Crippen molar-refractivity contribution in [1.82, 2.24) is 4.90 Å². The van der Waals surface area contributed by atoms with Crippen LogP contribution in [-0.4, -0.2) is 29.6 Å². The van der Waals surface area contributed by atoms with Crippen LogP contribution in [0.4, 0.5) is 0 Å². The lowest BCUT2D eigenvalue weighted by atomic mass is 10.2. The molecule has 4 heteroatoms. The zero-order chi connectivity index (χ0) is 14.4. The molecule has 21 heavy (non-hydrogen) atoms. The summed E-state index contributed by atoms with van der Waals surface area (Å²) in [6.45, 7) is 3.58. The molecule has 1 aliphatic heterocycles. The number of ether oxygens (including phenoxy) is 1. The maximum Gasteiger partial charge on any atom is 0.252 e. The van der Waals surface area contributed by atoms with Crippen molar-refractivity contribution >= 4 is 5.91 Å². The molecule has 3 atom stereocenters. The lowest BCUT2D eigenvalue weighted by Crippen LogP contribution is -2.39. The lowest BCUT2D eigenvalue weighted by Gasteiger charge is -2.24. The van der Waals surface area contributed by atoms with Crippen molar-refractivity contribution in [3.8, 4) is 0 Å². The van der Waals surface area contributed by atoms with Crippen molar-refractivity contribution in [3.05, 3.63) is 23.7 Å². The van der Waals surface area contributed by atoms with Crippen molar-refractivity contribution in [2.24, 2.45) is 5.92 Å². The van der Waals surface area contributed by atoms with Crippen LogP contribution < -0.4 is 0 Å². The van der Waals surface area contributed by atoms with E-state index in [4.69, 9.17) is 9.15 Å². The molecule has 1 aromatic heterocycles. The third kappa shape index (κ3) is 2.73. The normalized spacial score (nSPS) is 31.4. The van der Waals surface area contributed by atoms with Crippen LogP contribution in [0.15, 0.2) is 16.5 Å². The molecular weight excluding hydrogens is 266 g/mol. The molecule has 4 nitrogen and oxygen atoms in total. The van der Waals surface area contributed by atoms with Gasteiger partial charge in [0.25, 0.3) is 5.91 Å². The Labute approximate surface area is 125 Å². The van der Waals surface area contributed by atoms with Gasteiger partial charge in [-0.3, -0.25) is 4.79 Å². The molecule has 3 aliphatic rings. The van der Waals surface area contributed by atoms with Gasteiger partial charge in [0.2, 0.25) is 0 Å². The summed E-state index contributed by atoms with van der Waals surface area (Å²) in [5.41, 5.74) is 0. The molecule has 2 saturated carbocycles. The molecule has 1 amide bonds. The smallest absolute Gasteiger partial charge is 0.252 e. The number of carbonyl (C=O) groups is 1. The molecule has 0 radical (unpaired) electrons. The van der Waals surface area contributed by atoms with Crippen LogP contribution in [0.5, 0.6) is 0 Å². The molecule has 0 aromatic carbocycles. The van der Waals surface area contributed by atoms with Gasteiger partial charge >= 0.3 is 0 Å². The number of hydrogen-bond acceptors (Lipinski definition) is 3. The Balaban J connectivity index is 1.44. The molecule has 2 aliphatic carbocycles. The van der Waals surface area contributed by atoms with Gasteiger partial charge in [-0.1, -0.05) is 6.92 Å². The molecule has 3 fully saturated rings. The first kappa shape index (κ1) is 13.4. The highest BCUT2D eigenvalue weighted by molar-refractivity contribution is 5.81. The number of amides is 1. The lowest BCUT2D eigenvalue weighted by molar-refractivity contribution is -0.142. The predicted molar refractivity (Wildman–Crippen MR) is 77.8 cm³/mol. The fraction of sp³-hybridized carbons (Fsp3) is 0.706. The summed E-state index contributed by atoms with van der Waals surface area (Å²) in [4.78, 5) is 14.6. The number of rotatable bonds is 5. The fourth-order valence-electron chi connectivity index (χ4n) is 3.30. The van der Waals surface area contributed by atoms with E-state index < -0.39 is 0 Å². The Morgan fingerprint density at radius 3 is 2.76 bits per heavy atom. The fourth-order valence-corrected chi connectivity index (χ4v) is 3.30. The zero-order valence-electron chi connectivity index (χ0n) is 12.6. The topological polar surface area (TPSA) is 42.7 Å². The summed E-state index contributed by atoms with van der Waals surface area (Å²) in [5.74, 6) is 3.52. The molecule has 1 saturated heterocycles. The maximum atomic E-state index is 12.6. The van der Waals surface area contributed by atoms with E-state index in [1.165, 1.54) is 6.42 Å². The molecule has 0 unspecified atom stereocenters. The summed E-state index contributed by atoms with van der Waals surface area (Å²) >= 11 is 0. The second-order valence-electron chi connectivity index (χ2n) is 6.82. The van der Waals surface area contributed by atoms with E-state index in [9.17, 15) is 4.79 Å². The van der Waals surface area contributed by atoms with Crippen LogP contribution in [0.3, 0.4) is 0 Å². The summed E-state index contributed by atoms with van der Waals surface area (Å²) in [6.07, 6.45) is 5.11. The summed E-state index contributed by atoms with van der Waals surface area (Å²) in [5, 5.41) is 0. The molecule has 0 spiro atoms. The average molecular weight is 289 g/mol. The van der Waals surface area contributed by atoms with Crippen LogP contribution in [0.2, 0.25) is 0 Å². The van der Waals surface area contributed by atoms with Gasteiger partial charge in [0.15, 0.2) is 0 Å². The van der Waals surface area contributed by atoms with Gasteiger partial charge in [-0.05, 0) is 50.2 Å². The van der Waals surface area contributed by atoms with Gasteiger partial charge in [-0.2, -0.15) is 0 Å². The van der Waals surface area contributed by atoms with Crippen LogP contribution >= 0.6 is 0 Å². The minimum Gasteiger partial charge on any atom is -0.464 e. The Morgan fingerprint density at radius 1 is 1.33 bits per heavy atom. The second-order valence-corrected chi connectivity index (χ2v) is 6.82. The van der Waals surface area contributed by atoms with Gasteiger partial charge in [-0.15, -0.1) is 0 Å². The SMILES string of the molecule is C[C@@H]1C[C@@H]1c1ccc(CN(C(=O)[C@@H]2CCCO2)C2CC2)o1. The molecule has 2 heterocycles. The average Bonchev–Trinajstić information content (AvgIpc) is 3.32. The number of furan rings is 1. The van der Waals surface area contributed by atoms with E-state index in [0.717, 1.165) is 49.7 Å². The van der Waals surface area contributed by atoms with Crippen molar-refractivity contribution in [3.63, 3.8) is 0 Å². The highest BCUT2D eigenvalue weighted by Gasteiger charge is 2.39.